The third kappa shape index (κ3) is 3.06. The zero-order valence-electron chi connectivity index (χ0n) is 12.1. The highest BCUT2D eigenvalue weighted by Gasteiger charge is 2.26. The van der Waals surface area contributed by atoms with Crippen molar-refractivity contribution >= 4 is 5.82 Å². The maximum absolute atomic E-state index is 9.62. The summed E-state index contributed by atoms with van der Waals surface area (Å²) in [7, 11) is 0. The maximum Gasteiger partial charge on any atom is 0.132 e. The second-order valence-electron chi connectivity index (χ2n) is 5.57. The first-order valence-corrected chi connectivity index (χ1v) is 7.42. The smallest absolute Gasteiger partial charge is 0.132 e. The number of aromatic nitrogens is 2. The molecule has 1 aliphatic rings. The Morgan fingerprint density at radius 2 is 1.95 bits per heavy atom. The number of fused-ring (bicyclic) bond motifs is 1. The van der Waals surface area contributed by atoms with E-state index >= 15 is 0 Å². The minimum atomic E-state index is -0.0352. The molecular weight excluding hydrogens is 238 g/mol. The van der Waals surface area contributed by atoms with Gasteiger partial charge in [-0.1, -0.05) is 13.8 Å². The average Bonchev–Trinajstić information content (AvgIpc) is 2.49. The number of hydrogen-bond donors (Lipinski definition) is 2. The summed E-state index contributed by atoms with van der Waals surface area (Å²) >= 11 is 0. The van der Waals surface area contributed by atoms with Gasteiger partial charge in [-0.3, -0.25) is 0 Å². The molecule has 4 nitrogen and oxygen atoms in total. The van der Waals surface area contributed by atoms with Gasteiger partial charge in [-0.05, 0) is 38.5 Å². The Hall–Kier alpha value is -1.16. The lowest BCUT2D eigenvalue weighted by atomic mass is 9.83. The molecule has 0 aliphatic heterocycles. The van der Waals surface area contributed by atoms with Crippen LogP contribution < -0.4 is 5.32 Å². The topological polar surface area (TPSA) is 58.0 Å². The molecule has 0 fully saturated rings. The number of hydrogen-bond acceptors (Lipinski definition) is 4. The van der Waals surface area contributed by atoms with E-state index in [1.165, 1.54) is 24.1 Å². The number of aliphatic hydroxyl groups is 1. The third-order valence-electron chi connectivity index (χ3n) is 4.59. The van der Waals surface area contributed by atoms with Gasteiger partial charge in [0.05, 0.1) is 6.61 Å². The van der Waals surface area contributed by atoms with Crippen LogP contribution in [0.5, 0.6) is 0 Å². The van der Waals surface area contributed by atoms with Gasteiger partial charge in [-0.25, -0.2) is 9.97 Å². The van der Waals surface area contributed by atoms with Crippen LogP contribution in [0.25, 0.3) is 0 Å². The summed E-state index contributed by atoms with van der Waals surface area (Å²) in [5.74, 6) is 0.976. The van der Waals surface area contributed by atoms with E-state index in [-0.39, 0.29) is 12.0 Å². The Labute approximate surface area is 115 Å². The zero-order valence-corrected chi connectivity index (χ0v) is 12.1. The van der Waals surface area contributed by atoms with E-state index in [4.69, 9.17) is 0 Å². The van der Waals surface area contributed by atoms with Gasteiger partial charge in [-0.15, -0.1) is 0 Å². The lowest BCUT2D eigenvalue weighted by molar-refractivity contribution is 0.127. The summed E-state index contributed by atoms with van der Waals surface area (Å²) in [6.45, 7) is 5.27. The largest absolute Gasteiger partial charge is 0.396 e. The van der Waals surface area contributed by atoms with Crippen molar-refractivity contribution in [1.82, 2.24) is 9.97 Å². The summed E-state index contributed by atoms with van der Waals surface area (Å²) in [5, 5.41) is 13.1. The standard InChI is InChI=1S/C15H25N3O/c1-3-15(4-2,10-19)9-16-14-12-7-5-6-8-13(12)17-11-18-14/h11,19H,3-10H2,1-2H3,(H,16,17,18). The maximum atomic E-state index is 9.62. The van der Waals surface area contributed by atoms with Crippen molar-refractivity contribution in [3.63, 3.8) is 0 Å². The fourth-order valence-corrected chi connectivity index (χ4v) is 2.72. The molecule has 0 radical (unpaired) electrons. The lowest BCUT2D eigenvalue weighted by Crippen LogP contribution is -2.33. The molecule has 19 heavy (non-hydrogen) atoms. The van der Waals surface area contributed by atoms with Crippen LogP contribution in [0, 0.1) is 5.41 Å². The Morgan fingerprint density at radius 3 is 2.63 bits per heavy atom. The second-order valence-corrected chi connectivity index (χ2v) is 5.57. The Balaban J connectivity index is 2.11. The van der Waals surface area contributed by atoms with Crippen molar-refractivity contribution in [2.75, 3.05) is 18.5 Å². The van der Waals surface area contributed by atoms with Crippen LogP contribution in [0.2, 0.25) is 0 Å². The van der Waals surface area contributed by atoms with Gasteiger partial charge in [0.2, 0.25) is 0 Å². The number of anilines is 1. The number of aliphatic hydroxyl groups excluding tert-OH is 1. The summed E-state index contributed by atoms with van der Waals surface area (Å²) in [4.78, 5) is 8.78. The molecule has 0 amide bonds. The van der Waals surface area contributed by atoms with Crippen molar-refractivity contribution in [2.24, 2.45) is 5.41 Å². The molecule has 2 N–H and O–H groups in total. The minimum Gasteiger partial charge on any atom is -0.396 e. The van der Waals surface area contributed by atoms with Gasteiger partial charge in [0.15, 0.2) is 0 Å². The molecule has 0 saturated carbocycles. The number of rotatable bonds is 6. The van der Waals surface area contributed by atoms with Crippen molar-refractivity contribution < 1.29 is 5.11 Å². The van der Waals surface area contributed by atoms with E-state index in [2.05, 4.69) is 29.1 Å². The predicted octanol–water partition coefficient (Wildman–Crippen LogP) is 2.57. The van der Waals surface area contributed by atoms with E-state index in [0.29, 0.717) is 0 Å². The fourth-order valence-electron chi connectivity index (χ4n) is 2.72. The normalized spacial score (nSPS) is 15.1. The first-order chi connectivity index (χ1) is 9.24. The highest BCUT2D eigenvalue weighted by Crippen LogP contribution is 2.28. The molecule has 1 aliphatic carbocycles. The monoisotopic (exact) mass is 263 g/mol. The SMILES string of the molecule is CCC(CC)(CO)CNc1ncnc2c1CCCC2. The van der Waals surface area contributed by atoms with Crippen LogP contribution in [0.15, 0.2) is 6.33 Å². The molecule has 0 spiro atoms. The number of aryl methyl sites for hydroxylation is 1. The molecule has 0 atom stereocenters. The van der Waals surface area contributed by atoms with Crippen molar-refractivity contribution in [3.05, 3.63) is 17.6 Å². The number of nitrogens with one attached hydrogen (secondary N) is 1. The Morgan fingerprint density at radius 1 is 1.21 bits per heavy atom. The van der Waals surface area contributed by atoms with E-state index in [1.54, 1.807) is 6.33 Å². The molecule has 1 aromatic rings. The molecular formula is C15H25N3O. The second kappa shape index (κ2) is 6.33. The molecule has 0 bridgehead atoms. The summed E-state index contributed by atoms with van der Waals surface area (Å²) in [5.41, 5.74) is 2.45. The van der Waals surface area contributed by atoms with E-state index < -0.39 is 0 Å². The number of nitrogens with zero attached hydrogens (tertiary/aromatic N) is 2. The van der Waals surface area contributed by atoms with Gasteiger partial charge < -0.3 is 10.4 Å². The minimum absolute atomic E-state index is 0.0352. The molecule has 1 aromatic heterocycles. The van der Waals surface area contributed by atoms with Crippen molar-refractivity contribution in [2.45, 2.75) is 52.4 Å². The van der Waals surface area contributed by atoms with Gasteiger partial charge in [0.1, 0.15) is 12.1 Å². The quantitative estimate of drug-likeness (QED) is 0.828. The van der Waals surface area contributed by atoms with Crippen molar-refractivity contribution in [1.29, 1.82) is 0 Å². The summed E-state index contributed by atoms with van der Waals surface area (Å²) in [6, 6.07) is 0. The Kier molecular flexibility index (Phi) is 4.75. The lowest BCUT2D eigenvalue weighted by Gasteiger charge is -2.30. The molecule has 1 heterocycles. The zero-order chi connectivity index (χ0) is 13.7. The molecule has 0 unspecified atom stereocenters. The first kappa shape index (κ1) is 14.3. The van der Waals surface area contributed by atoms with Crippen molar-refractivity contribution in [3.8, 4) is 0 Å². The molecule has 0 aromatic carbocycles. The van der Waals surface area contributed by atoms with Crippen LogP contribution in [0.4, 0.5) is 5.82 Å². The van der Waals surface area contributed by atoms with E-state index in [0.717, 1.165) is 38.0 Å². The van der Waals surface area contributed by atoms with Crippen LogP contribution >= 0.6 is 0 Å². The van der Waals surface area contributed by atoms with Gasteiger partial charge in [-0.2, -0.15) is 0 Å². The molecule has 106 valence electrons. The third-order valence-corrected chi connectivity index (χ3v) is 4.59. The van der Waals surface area contributed by atoms with Crippen LogP contribution in [0.1, 0.15) is 50.8 Å². The van der Waals surface area contributed by atoms with E-state index in [9.17, 15) is 5.11 Å². The van der Waals surface area contributed by atoms with Gasteiger partial charge in [0, 0.05) is 23.2 Å². The average molecular weight is 263 g/mol. The summed E-state index contributed by atoms with van der Waals surface area (Å²) < 4.78 is 0. The molecule has 4 heteroatoms. The highest BCUT2D eigenvalue weighted by molar-refractivity contribution is 5.47. The summed E-state index contributed by atoms with van der Waals surface area (Å²) in [6.07, 6.45) is 8.20. The van der Waals surface area contributed by atoms with Crippen LogP contribution in [-0.4, -0.2) is 28.2 Å². The highest BCUT2D eigenvalue weighted by atomic mass is 16.3. The van der Waals surface area contributed by atoms with Crippen LogP contribution in [-0.2, 0) is 12.8 Å². The van der Waals surface area contributed by atoms with Gasteiger partial charge in [0.25, 0.3) is 0 Å². The fraction of sp³-hybridized carbons (Fsp3) is 0.733. The predicted molar refractivity (Wildman–Crippen MR) is 77.3 cm³/mol. The molecule has 0 saturated heterocycles. The van der Waals surface area contributed by atoms with Crippen LogP contribution in [0.3, 0.4) is 0 Å². The van der Waals surface area contributed by atoms with Gasteiger partial charge >= 0.3 is 0 Å². The molecule has 2 rings (SSSR count). The Bertz CT molecular complexity index is 408. The first-order valence-electron chi connectivity index (χ1n) is 7.42. The van der Waals surface area contributed by atoms with E-state index in [1.807, 2.05) is 0 Å².